The van der Waals surface area contributed by atoms with Crippen molar-refractivity contribution in [3.8, 4) is 5.75 Å². The number of nitrogens with one attached hydrogen (secondary N) is 2. The summed E-state index contributed by atoms with van der Waals surface area (Å²) in [5.41, 5.74) is 1.19. The van der Waals surface area contributed by atoms with Crippen LogP contribution in [0.1, 0.15) is 45.1 Å². The van der Waals surface area contributed by atoms with Crippen LogP contribution in [-0.4, -0.2) is 25.7 Å². The van der Waals surface area contributed by atoms with E-state index in [0.717, 1.165) is 25.1 Å². The minimum Gasteiger partial charge on any atom is -0.491 e. The van der Waals surface area contributed by atoms with Gasteiger partial charge < -0.3 is 15.4 Å². The summed E-state index contributed by atoms with van der Waals surface area (Å²) in [5, 5.41) is 5.59. The number of para-hydroxylation sites is 1. The molecule has 0 aliphatic heterocycles. The van der Waals surface area contributed by atoms with Gasteiger partial charge in [0.1, 0.15) is 12.4 Å². The molecule has 1 aromatic carbocycles. The van der Waals surface area contributed by atoms with Gasteiger partial charge in [0.25, 0.3) is 0 Å². The Balaban J connectivity index is 2.26. The third-order valence-electron chi connectivity index (χ3n) is 3.00. The van der Waals surface area contributed by atoms with Crippen molar-refractivity contribution < 1.29 is 9.53 Å². The van der Waals surface area contributed by atoms with Gasteiger partial charge in [-0.3, -0.25) is 0 Å². The van der Waals surface area contributed by atoms with Crippen molar-refractivity contribution in [3.63, 3.8) is 0 Å². The van der Waals surface area contributed by atoms with E-state index in [1.54, 1.807) is 0 Å². The van der Waals surface area contributed by atoms with Crippen LogP contribution in [0.15, 0.2) is 24.3 Å². The molecule has 2 N–H and O–H groups in total. The van der Waals surface area contributed by atoms with Crippen LogP contribution in [0.3, 0.4) is 0 Å². The average Bonchev–Trinajstić information content (AvgIpc) is 2.44. The minimum atomic E-state index is -0.126. The molecule has 0 aliphatic rings. The Morgan fingerprint density at radius 3 is 2.60 bits per heavy atom. The fourth-order valence-electron chi connectivity index (χ4n) is 1.86. The van der Waals surface area contributed by atoms with Crippen LogP contribution in [0, 0.1) is 0 Å². The Kier molecular flexibility index (Phi) is 7.55. The third-order valence-corrected chi connectivity index (χ3v) is 3.00. The highest BCUT2D eigenvalue weighted by molar-refractivity contribution is 5.73. The molecule has 0 spiro atoms. The van der Waals surface area contributed by atoms with Crippen molar-refractivity contribution >= 4 is 6.03 Å². The molecule has 1 rings (SSSR count). The molecule has 0 radical (unpaired) electrons. The molecule has 0 fully saturated rings. The first-order valence-corrected chi connectivity index (χ1v) is 7.38. The summed E-state index contributed by atoms with van der Waals surface area (Å²) in [4.78, 5) is 11.4. The number of hydrogen-bond donors (Lipinski definition) is 2. The van der Waals surface area contributed by atoms with Crippen molar-refractivity contribution in [2.75, 3.05) is 19.7 Å². The zero-order chi connectivity index (χ0) is 14.8. The van der Waals surface area contributed by atoms with Crippen molar-refractivity contribution in [3.05, 3.63) is 29.8 Å². The molecule has 20 heavy (non-hydrogen) atoms. The number of ether oxygens (including phenoxy) is 1. The number of benzene rings is 1. The number of rotatable bonds is 8. The molecule has 0 aliphatic carbocycles. The van der Waals surface area contributed by atoms with E-state index in [4.69, 9.17) is 4.74 Å². The molecule has 1 aromatic rings. The lowest BCUT2D eigenvalue weighted by atomic mass is 10.0. The Labute approximate surface area is 121 Å². The smallest absolute Gasteiger partial charge is 0.314 e. The highest BCUT2D eigenvalue weighted by Gasteiger charge is 2.06. The quantitative estimate of drug-likeness (QED) is 0.717. The summed E-state index contributed by atoms with van der Waals surface area (Å²) in [7, 11) is 0. The zero-order valence-corrected chi connectivity index (χ0v) is 12.7. The molecule has 0 aromatic heterocycles. The van der Waals surface area contributed by atoms with Gasteiger partial charge in [-0.25, -0.2) is 4.79 Å². The number of carbonyl (C=O) groups is 1. The fraction of sp³-hybridized carbons (Fsp3) is 0.562. The molecule has 0 unspecified atom stereocenters. The number of unbranched alkanes of at least 4 members (excludes halogenated alkanes) is 1. The predicted octanol–water partition coefficient (Wildman–Crippen LogP) is 3.29. The number of hydrogen-bond acceptors (Lipinski definition) is 2. The molecule has 0 saturated heterocycles. The van der Waals surface area contributed by atoms with E-state index in [1.807, 2.05) is 18.2 Å². The normalized spacial score (nSPS) is 10.4. The van der Waals surface area contributed by atoms with Gasteiger partial charge in [0, 0.05) is 6.54 Å². The van der Waals surface area contributed by atoms with Gasteiger partial charge in [-0.2, -0.15) is 0 Å². The van der Waals surface area contributed by atoms with Crippen LogP contribution in [0.5, 0.6) is 5.75 Å². The van der Waals surface area contributed by atoms with Gasteiger partial charge in [0.05, 0.1) is 6.54 Å². The summed E-state index contributed by atoms with van der Waals surface area (Å²) >= 11 is 0. The maximum Gasteiger partial charge on any atom is 0.314 e. The third kappa shape index (κ3) is 5.95. The summed E-state index contributed by atoms with van der Waals surface area (Å²) < 4.78 is 5.73. The van der Waals surface area contributed by atoms with Crippen LogP contribution in [0.2, 0.25) is 0 Å². The standard InChI is InChI=1S/C16H26N2O2/c1-4-5-10-17-16(19)18-11-12-20-15-9-7-6-8-14(15)13(2)3/h6-9,13H,4-5,10-12H2,1-3H3,(H2,17,18,19). The lowest BCUT2D eigenvalue weighted by molar-refractivity contribution is 0.236. The average molecular weight is 278 g/mol. The molecule has 0 atom stereocenters. The summed E-state index contributed by atoms with van der Waals surface area (Å²) in [6.45, 7) is 8.08. The van der Waals surface area contributed by atoms with Gasteiger partial charge in [-0.15, -0.1) is 0 Å². The molecule has 4 nitrogen and oxygen atoms in total. The van der Waals surface area contributed by atoms with Crippen LogP contribution in [0.4, 0.5) is 4.79 Å². The summed E-state index contributed by atoms with van der Waals surface area (Å²) in [6, 6.07) is 7.90. The number of amides is 2. The highest BCUT2D eigenvalue weighted by atomic mass is 16.5. The molecule has 2 amide bonds. The van der Waals surface area contributed by atoms with Gasteiger partial charge in [0.15, 0.2) is 0 Å². The molecule has 0 heterocycles. The Bertz CT molecular complexity index is 405. The van der Waals surface area contributed by atoms with Crippen LogP contribution >= 0.6 is 0 Å². The van der Waals surface area contributed by atoms with Crippen LogP contribution in [0.25, 0.3) is 0 Å². The van der Waals surface area contributed by atoms with Crippen molar-refractivity contribution in [1.82, 2.24) is 10.6 Å². The van der Waals surface area contributed by atoms with Gasteiger partial charge >= 0.3 is 6.03 Å². The molecule has 4 heteroatoms. The van der Waals surface area contributed by atoms with Gasteiger partial charge in [0.2, 0.25) is 0 Å². The van der Waals surface area contributed by atoms with E-state index in [2.05, 4.69) is 37.5 Å². The lowest BCUT2D eigenvalue weighted by Gasteiger charge is -2.14. The first kappa shape index (κ1) is 16.3. The fourth-order valence-corrected chi connectivity index (χ4v) is 1.86. The Morgan fingerprint density at radius 1 is 1.20 bits per heavy atom. The summed E-state index contributed by atoms with van der Waals surface area (Å²) in [5.74, 6) is 1.33. The molecular weight excluding hydrogens is 252 g/mol. The van der Waals surface area contributed by atoms with E-state index >= 15 is 0 Å². The molecule has 0 saturated carbocycles. The van der Waals surface area contributed by atoms with Crippen molar-refractivity contribution in [2.24, 2.45) is 0 Å². The second-order valence-electron chi connectivity index (χ2n) is 5.08. The first-order valence-electron chi connectivity index (χ1n) is 7.38. The Hall–Kier alpha value is -1.71. The molecule has 0 bridgehead atoms. The van der Waals surface area contributed by atoms with Crippen molar-refractivity contribution in [1.29, 1.82) is 0 Å². The van der Waals surface area contributed by atoms with Crippen LogP contribution < -0.4 is 15.4 Å². The van der Waals surface area contributed by atoms with E-state index in [-0.39, 0.29) is 6.03 Å². The largest absolute Gasteiger partial charge is 0.491 e. The van der Waals surface area contributed by atoms with E-state index in [9.17, 15) is 4.79 Å². The lowest BCUT2D eigenvalue weighted by Crippen LogP contribution is -2.38. The van der Waals surface area contributed by atoms with Gasteiger partial charge in [-0.1, -0.05) is 45.4 Å². The number of carbonyl (C=O) groups excluding carboxylic acids is 1. The second kappa shape index (κ2) is 9.23. The number of urea groups is 1. The van der Waals surface area contributed by atoms with Crippen LogP contribution in [-0.2, 0) is 0 Å². The Morgan fingerprint density at radius 2 is 1.90 bits per heavy atom. The molecule has 112 valence electrons. The van der Waals surface area contributed by atoms with E-state index in [1.165, 1.54) is 5.56 Å². The maximum absolute atomic E-state index is 11.4. The predicted molar refractivity (Wildman–Crippen MR) is 82.3 cm³/mol. The van der Waals surface area contributed by atoms with Gasteiger partial charge in [-0.05, 0) is 24.0 Å². The second-order valence-corrected chi connectivity index (χ2v) is 5.08. The SMILES string of the molecule is CCCCNC(=O)NCCOc1ccccc1C(C)C. The highest BCUT2D eigenvalue weighted by Crippen LogP contribution is 2.25. The maximum atomic E-state index is 11.4. The zero-order valence-electron chi connectivity index (χ0n) is 12.7. The van der Waals surface area contributed by atoms with E-state index < -0.39 is 0 Å². The van der Waals surface area contributed by atoms with Crippen molar-refractivity contribution in [2.45, 2.75) is 39.5 Å². The monoisotopic (exact) mass is 278 g/mol. The first-order chi connectivity index (χ1) is 9.65. The topological polar surface area (TPSA) is 50.4 Å². The van der Waals surface area contributed by atoms with E-state index in [0.29, 0.717) is 19.1 Å². The summed E-state index contributed by atoms with van der Waals surface area (Å²) in [6.07, 6.45) is 2.08. The minimum absolute atomic E-state index is 0.126. The molecular formula is C16H26N2O2.